The standard InChI is InChI=1S/C9H17NO8.Ca.2H/c10-5-3(12)1-9(17,8(15)16)18-7(5)6(14)4(13)2-11;;;/h3-7,11-14,17H,1-2,10H2,(H,15,16);;;/t3-,4?,5+,6?,7+,9?;;;/m0.../s1. The van der Waals surface area contributed by atoms with E-state index in [-0.39, 0.29) is 37.7 Å². The topological polar surface area (TPSA) is 174 Å². The van der Waals surface area contributed by atoms with Crippen LogP contribution in [-0.2, 0) is 9.53 Å². The van der Waals surface area contributed by atoms with Crippen LogP contribution >= 0.6 is 0 Å². The normalized spacial score (nSPS) is 38.1. The molecule has 110 valence electrons. The number of aliphatic hydroxyl groups is 5. The zero-order valence-electron chi connectivity index (χ0n) is 9.38. The fourth-order valence-electron chi connectivity index (χ4n) is 1.75. The molecule has 6 atom stereocenters. The van der Waals surface area contributed by atoms with E-state index in [0.29, 0.717) is 0 Å². The number of rotatable bonds is 4. The Morgan fingerprint density at radius 2 is 2.00 bits per heavy atom. The molecule has 1 saturated heterocycles. The van der Waals surface area contributed by atoms with E-state index in [9.17, 15) is 25.2 Å². The minimum atomic E-state index is -2.70. The molecule has 3 unspecified atom stereocenters. The van der Waals surface area contributed by atoms with Crippen molar-refractivity contribution < 1.29 is 40.2 Å². The van der Waals surface area contributed by atoms with Crippen LogP contribution in [0.4, 0.5) is 0 Å². The second-order valence-corrected chi connectivity index (χ2v) is 4.26. The van der Waals surface area contributed by atoms with Crippen molar-refractivity contribution in [2.45, 2.75) is 42.7 Å². The molecule has 0 bridgehead atoms. The Morgan fingerprint density at radius 3 is 2.42 bits per heavy atom. The average Bonchev–Trinajstić information content (AvgIpc) is 2.31. The first-order valence-corrected chi connectivity index (χ1v) is 5.27. The summed E-state index contributed by atoms with van der Waals surface area (Å²) in [4.78, 5) is 10.8. The molecule has 10 heteroatoms. The van der Waals surface area contributed by atoms with Crippen molar-refractivity contribution in [3.05, 3.63) is 0 Å². The van der Waals surface area contributed by atoms with Gasteiger partial charge in [0.1, 0.15) is 18.3 Å². The van der Waals surface area contributed by atoms with Gasteiger partial charge >= 0.3 is 43.7 Å². The van der Waals surface area contributed by atoms with Gasteiger partial charge in [-0.2, -0.15) is 0 Å². The Hall–Kier alpha value is 0.450. The zero-order valence-corrected chi connectivity index (χ0v) is 9.38. The van der Waals surface area contributed by atoms with E-state index >= 15 is 0 Å². The molecule has 1 fully saturated rings. The number of carbonyl (C=O) groups is 1. The van der Waals surface area contributed by atoms with Gasteiger partial charge in [-0.1, -0.05) is 0 Å². The van der Waals surface area contributed by atoms with Gasteiger partial charge in [0.05, 0.1) is 18.8 Å². The van der Waals surface area contributed by atoms with Crippen molar-refractivity contribution >= 4 is 43.7 Å². The van der Waals surface area contributed by atoms with Gasteiger partial charge in [-0.05, 0) is 0 Å². The number of ether oxygens (including phenoxy) is 1. The van der Waals surface area contributed by atoms with Gasteiger partial charge in [0.15, 0.2) is 0 Å². The third-order valence-corrected chi connectivity index (χ3v) is 2.89. The molecule has 0 saturated carbocycles. The molecule has 1 aliphatic rings. The third-order valence-electron chi connectivity index (χ3n) is 2.89. The third kappa shape index (κ3) is 4.21. The molecule has 1 aliphatic heterocycles. The number of aliphatic hydroxyl groups excluding tert-OH is 4. The monoisotopic (exact) mass is 309 g/mol. The molecule has 0 aromatic rings. The molecule has 0 radical (unpaired) electrons. The number of nitrogens with two attached hydrogens (primary N) is 1. The van der Waals surface area contributed by atoms with Crippen molar-refractivity contribution in [3.63, 3.8) is 0 Å². The molecule has 1 rings (SSSR count). The van der Waals surface area contributed by atoms with Crippen molar-refractivity contribution in [1.82, 2.24) is 0 Å². The van der Waals surface area contributed by atoms with Crippen molar-refractivity contribution in [1.29, 1.82) is 0 Å². The number of carboxylic acids is 1. The summed E-state index contributed by atoms with van der Waals surface area (Å²) < 4.78 is 4.75. The van der Waals surface area contributed by atoms with E-state index in [1.165, 1.54) is 0 Å². The second-order valence-electron chi connectivity index (χ2n) is 4.26. The molecular weight excluding hydrogens is 290 g/mol. The van der Waals surface area contributed by atoms with Crippen LogP contribution < -0.4 is 5.73 Å². The fourth-order valence-corrected chi connectivity index (χ4v) is 1.75. The zero-order chi connectivity index (χ0) is 14.1. The summed E-state index contributed by atoms with van der Waals surface area (Å²) in [6, 6.07) is -1.21. The summed E-state index contributed by atoms with van der Waals surface area (Å²) in [7, 11) is 0. The van der Waals surface area contributed by atoms with Gasteiger partial charge in [-0.3, -0.25) is 0 Å². The fraction of sp³-hybridized carbons (Fsp3) is 0.889. The van der Waals surface area contributed by atoms with Crippen LogP contribution in [-0.4, -0.2) is 117 Å². The summed E-state index contributed by atoms with van der Waals surface area (Å²) in [6.07, 6.45) is -7.01. The quantitative estimate of drug-likeness (QED) is 0.251. The van der Waals surface area contributed by atoms with Gasteiger partial charge in [0.2, 0.25) is 0 Å². The summed E-state index contributed by atoms with van der Waals surface area (Å²) in [6.45, 7) is -0.810. The minimum absolute atomic E-state index is 0. The van der Waals surface area contributed by atoms with E-state index in [2.05, 4.69) is 0 Å². The number of hydrogen-bond donors (Lipinski definition) is 7. The molecule has 0 aromatic heterocycles. The van der Waals surface area contributed by atoms with Gasteiger partial charge < -0.3 is 41.1 Å². The van der Waals surface area contributed by atoms with E-state index in [1.54, 1.807) is 0 Å². The number of aliphatic carboxylic acids is 1. The number of carboxylic acid groups (broad SMARTS) is 1. The van der Waals surface area contributed by atoms with Crippen molar-refractivity contribution in [2.75, 3.05) is 6.61 Å². The predicted molar refractivity (Wildman–Crippen MR) is 63.7 cm³/mol. The second kappa shape index (κ2) is 7.46. The Morgan fingerprint density at radius 1 is 1.47 bits per heavy atom. The molecule has 19 heavy (non-hydrogen) atoms. The SMILES string of the molecule is N[C@@H]1[C@@H](O)CC(O)(C(=O)O)O[C@H]1C(O)C(O)CO.[CaH2]. The van der Waals surface area contributed by atoms with Gasteiger partial charge in [0, 0.05) is 6.42 Å². The van der Waals surface area contributed by atoms with Gasteiger partial charge in [-0.25, -0.2) is 4.79 Å². The molecule has 0 aliphatic carbocycles. The Balaban J connectivity index is 0.00000324. The molecular formula is C9H19CaNO8. The Kier molecular flexibility index (Phi) is 7.63. The van der Waals surface area contributed by atoms with Crippen LogP contribution in [0.25, 0.3) is 0 Å². The van der Waals surface area contributed by atoms with Crippen LogP contribution in [0.1, 0.15) is 6.42 Å². The molecule has 0 spiro atoms. The Bertz CT molecular complexity index is 319. The average molecular weight is 309 g/mol. The van der Waals surface area contributed by atoms with E-state index in [4.69, 9.17) is 20.7 Å². The van der Waals surface area contributed by atoms with E-state index in [1.807, 2.05) is 0 Å². The van der Waals surface area contributed by atoms with Crippen LogP contribution in [0.5, 0.6) is 0 Å². The molecule has 9 nitrogen and oxygen atoms in total. The summed E-state index contributed by atoms with van der Waals surface area (Å²) >= 11 is 0. The summed E-state index contributed by atoms with van der Waals surface area (Å²) in [5.41, 5.74) is 5.51. The predicted octanol–water partition coefficient (Wildman–Crippen LogP) is -4.97. The maximum absolute atomic E-state index is 10.8. The summed E-state index contributed by atoms with van der Waals surface area (Å²) in [5.74, 6) is -4.44. The first-order valence-electron chi connectivity index (χ1n) is 5.27. The molecule has 0 aromatic carbocycles. The van der Waals surface area contributed by atoms with Crippen molar-refractivity contribution in [2.24, 2.45) is 5.73 Å². The van der Waals surface area contributed by atoms with Crippen molar-refractivity contribution in [3.8, 4) is 0 Å². The number of hydrogen-bond acceptors (Lipinski definition) is 8. The molecule has 0 amide bonds. The first-order chi connectivity index (χ1) is 8.23. The summed E-state index contributed by atoms with van der Waals surface area (Å²) in [5, 5.41) is 55.5. The Labute approximate surface area is 138 Å². The maximum atomic E-state index is 10.8. The van der Waals surface area contributed by atoms with Crippen LogP contribution in [0, 0.1) is 0 Å². The van der Waals surface area contributed by atoms with E-state index < -0.39 is 55.2 Å². The van der Waals surface area contributed by atoms with Crippen LogP contribution in [0.15, 0.2) is 0 Å². The van der Waals surface area contributed by atoms with Gasteiger partial charge in [0.25, 0.3) is 5.79 Å². The van der Waals surface area contributed by atoms with Crippen LogP contribution in [0.2, 0.25) is 0 Å². The van der Waals surface area contributed by atoms with E-state index in [0.717, 1.165) is 0 Å². The molecule has 1 heterocycles. The van der Waals surface area contributed by atoms with Gasteiger partial charge in [-0.15, -0.1) is 0 Å². The first kappa shape index (κ1) is 19.4. The molecule has 8 N–H and O–H groups in total. The van der Waals surface area contributed by atoms with Crippen LogP contribution in [0.3, 0.4) is 0 Å².